The van der Waals surface area contributed by atoms with Crippen molar-refractivity contribution in [3.63, 3.8) is 0 Å². The molecule has 1 saturated carbocycles. The largest absolute Gasteiger partial charge is 0.295 e. The first-order valence-electron chi connectivity index (χ1n) is 8.26. The first kappa shape index (κ1) is 14.2. The molecule has 0 amide bonds. The maximum atomic E-state index is 12.8. The number of rotatable bonds is 2. The van der Waals surface area contributed by atoms with Gasteiger partial charge < -0.3 is 0 Å². The van der Waals surface area contributed by atoms with Crippen molar-refractivity contribution in [2.75, 3.05) is 0 Å². The maximum absolute atomic E-state index is 12.8. The van der Waals surface area contributed by atoms with Crippen molar-refractivity contribution in [3.05, 3.63) is 52.7 Å². The van der Waals surface area contributed by atoms with E-state index in [2.05, 4.69) is 10.1 Å². The lowest BCUT2D eigenvalue weighted by Gasteiger charge is -2.23. The van der Waals surface area contributed by atoms with E-state index < -0.39 is 0 Å². The minimum absolute atomic E-state index is 0.0285. The molecule has 0 atom stereocenters. The number of nitrogens with zero attached hydrogens (tertiary/aromatic N) is 4. The van der Waals surface area contributed by atoms with E-state index in [1.54, 1.807) is 17.2 Å². The Hall–Kier alpha value is -2.43. The number of hydrogen-bond donors (Lipinski definition) is 0. The van der Waals surface area contributed by atoms with Crippen LogP contribution >= 0.6 is 0 Å². The first-order chi connectivity index (χ1) is 11.2. The van der Waals surface area contributed by atoms with Gasteiger partial charge in [-0.2, -0.15) is 5.10 Å². The standard InChI is InChI=1S/C18H20N4O/c1-13-6-5-9-15(10-13)22-17-16(11-20-22)18(23)21(12-19-17)14-7-3-2-4-8-14/h5-6,9-12,14H,2-4,7-8H2,1H3. The highest BCUT2D eigenvalue weighted by Crippen LogP contribution is 2.27. The first-order valence-corrected chi connectivity index (χ1v) is 8.26. The lowest BCUT2D eigenvalue weighted by molar-refractivity contribution is 0.345. The van der Waals surface area contributed by atoms with Gasteiger partial charge in [0.2, 0.25) is 0 Å². The lowest BCUT2D eigenvalue weighted by Crippen LogP contribution is -2.26. The monoisotopic (exact) mass is 308 g/mol. The fraction of sp³-hybridized carbons (Fsp3) is 0.389. The highest BCUT2D eigenvalue weighted by molar-refractivity contribution is 5.75. The summed E-state index contributed by atoms with van der Waals surface area (Å²) in [4.78, 5) is 17.4. The molecule has 2 aromatic heterocycles. The highest BCUT2D eigenvalue weighted by Gasteiger charge is 2.19. The van der Waals surface area contributed by atoms with Gasteiger partial charge in [-0.25, -0.2) is 9.67 Å². The minimum atomic E-state index is 0.0285. The van der Waals surface area contributed by atoms with Crippen LogP contribution in [0.4, 0.5) is 0 Å². The van der Waals surface area contributed by atoms with E-state index in [1.165, 1.54) is 19.3 Å². The molecule has 1 aliphatic rings. The Morgan fingerprint density at radius 1 is 1.17 bits per heavy atom. The van der Waals surface area contributed by atoms with Crippen LogP contribution < -0.4 is 5.56 Å². The van der Waals surface area contributed by atoms with E-state index in [9.17, 15) is 4.79 Å². The zero-order valence-corrected chi connectivity index (χ0v) is 13.3. The number of fused-ring (bicyclic) bond motifs is 1. The van der Waals surface area contributed by atoms with E-state index in [0.29, 0.717) is 11.0 Å². The van der Waals surface area contributed by atoms with Crippen molar-refractivity contribution < 1.29 is 0 Å². The fourth-order valence-corrected chi connectivity index (χ4v) is 3.49. The van der Waals surface area contributed by atoms with Crippen molar-refractivity contribution in [3.8, 4) is 5.69 Å². The predicted molar refractivity (Wildman–Crippen MR) is 90.0 cm³/mol. The number of hydrogen-bond acceptors (Lipinski definition) is 3. The van der Waals surface area contributed by atoms with Crippen molar-refractivity contribution in [1.82, 2.24) is 19.3 Å². The third kappa shape index (κ3) is 2.46. The van der Waals surface area contributed by atoms with Gasteiger partial charge in [-0.1, -0.05) is 31.4 Å². The van der Waals surface area contributed by atoms with Crippen LogP contribution in [0.3, 0.4) is 0 Å². The molecule has 118 valence electrons. The Labute approximate surface area is 134 Å². The van der Waals surface area contributed by atoms with Crippen LogP contribution in [-0.4, -0.2) is 19.3 Å². The summed E-state index contributed by atoms with van der Waals surface area (Å²) in [6.07, 6.45) is 9.14. The van der Waals surface area contributed by atoms with E-state index in [0.717, 1.165) is 24.1 Å². The van der Waals surface area contributed by atoms with Gasteiger partial charge in [0.25, 0.3) is 5.56 Å². The Morgan fingerprint density at radius 3 is 2.78 bits per heavy atom. The molecule has 5 heteroatoms. The maximum Gasteiger partial charge on any atom is 0.264 e. The van der Waals surface area contributed by atoms with E-state index in [4.69, 9.17) is 0 Å². The summed E-state index contributed by atoms with van der Waals surface area (Å²) in [7, 11) is 0. The number of benzene rings is 1. The average molecular weight is 308 g/mol. The molecule has 0 unspecified atom stereocenters. The van der Waals surface area contributed by atoms with Gasteiger partial charge in [-0.05, 0) is 37.5 Å². The predicted octanol–water partition coefficient (Wildman–Crippen LogP) is 3.40. The molecule has 3 aromatic rings. The second-order valence-corrected chi connectivity index (χ2v) is 6.38. The van der Waals surface area contributed by atoms with Gasteiger partial charge in [0, 0.05) is 6.04 Å². The molecule has 0 bridgehead atoms. The van der Waals surface area contributed by atoms with E-state index in [-0.39, 0.29) is 11.6 Å². The Kier molecular flexibility index (Phi) is 3.48. The Balaban J connectivity index is 1.82. The molecule has 0 spiro atoms. The van der Waals surface area contributed by atoms with E-state index in [1.807, 2.05) is 35.8 Å². The van der Waals surface area contributed by atoms with Crippen LogP contribution in [0.15, 0.2) is 41.6 Å². The van der Waals surface area contributed by atoms with Crippen LogP contribution in [0, 0.1) is 6.92 Å². The van der Waals surface area contributed by atoms with Gasteiger partial charge in [0.15, 0.2) is 5.65 Å². The molecule has 23 heavy (non-hydrogen) atoms. The summed E-state index contributed by atoms with van der Waals surface area (Å²) >= 11 is 0. The molecular weight excluding hydrogens is 288 g/mol. The second-order valence-electron chi connectivity index (χ2n) is 6.38. The summed E-state index contributed by atoms with van der Waals surface area (Å²) in [5, 5.41) is 4.99. The van der Waals surface area contributed by atoms with Crippen LogP contribution in [0.1, 0.15) is 43.7 Å². The molecule has 5 nitrogen and oxygen atoms in total. The Bertz CT molecular complexity index is 903. The molecule has 0 saturated heterocycles. The summed E-state index contributed by atoms with van der Waals surface area (Å²) in [6, 6.07) is 8.34. The van der Waals surface area contributed by atoms with Gasteiger partial charge in [-0.3, -0.25) is 9.36 Å². The SMILES string of the molecule is Cc1cccc(-n2ncc3c(=O)n(C4CCCCC4)cnc32)c1. The topological polar surface area (TPSA) is 52.7 Å². The molecular formula is C18H20N4O. The van der Waals surface area contributed by atoms with Gasteiger partial charge in [-0.15, -0.1) is 0 Å². The summed E-state index contributed by atoms with van der Waals surface area (Å²) < 4.78 is 3.55. The fourth-order valence-electron chi connectivity index (χ4n) is 3.49. The van der Waals surface area contributed by atoms with Crippen LogP contribution in [-0.2, 0) is 0 Å². The second kappa shape index (κ2) is 5.65. The van der Waals surface area contributed by atoms with Crippen LogP contribution in [0.25, 0.3) is 16.7 Å². The third-order valence-corrected chi connectivity index (χ3v) is 4.73. The van der Waals surface area contributed by atoms with Crippen molar-refractivity contribution >= 4 is 11.0 Å². The smallest absolute Gasteiger partial charge is 0.264 e. The molecule has 1 fully saturated rings. The molecule has 2 heterocycles. The van der Waals surface area contributed by atoms with Crippen LogP contribution in [0.5, 0.6) is 0 Å². The summed E-state index contributed by atoms with van der Waals surface area (Å²) in [6.45, 7) is 2.04. The van der Waals surface area contributed by atoms with E-state index >= 15 is 0 Å². The zero-order chi connectivity index (χ0) is 15.8. The van der Waals surface area contributed by atoms with Crippen molar-refractivity contribution in [1.29, 1.82) is 0 Å². The average Bonchev–Trinajstić information content (AvgIpc) is 3.01. The quantitative estimate of drug-likeness (QED) is 0.729. The molecule has 0 aliphatic heterocycles. The molecule has 4 rings (SSSR count). The summed E-state index contributed by atoms with van der Waals surface area (Å²) in [5.41, 5.74) is 2.75. The molecule has 0 radical (unpaired) electrons. The van der Waals surface area contributed by atoms with Gasteiger partial charge in [0.1, 0.15) is 11.7 Å². The zero-order valence-electron chi connectivity index (χ0n) is 13.3. The normalized spacial score (nSPS) is 16.0. The summed E-state index contributed by atoms with van der Waals surface area (Å²) in [5.74, 6) is 0. The minimum Gasteiger partial charge on any atom is -0.295 e. The number of aryl methyl sites for hydroxylation is 1. The molecule has 1 aromatic carbocycles. The van der Waals surface area contributed by atoms with Crippen molar-refractivity contribution in [2.24, 2.45) is 0 Å². The van der Waals surface area contributed by atoms with Gasteiger partial charge in [0.05, 0.1) is 11.9 Å². The number of aromatic nitrogens is 4. The van der Waals surface area contributed by atoms with Crippen molar-refractivity contribution in [2.45, 2.75) is 45.1 Å². The third-order valence-electron chi connectivity index (χ3n) is 4.73. The highest BCUT2D eigenvalue weighted by atomic mass is 16.1. The lowest BCUT2D eigenvalue weighted by atomic mass is 9.95. The van der Waals surface area contributed by atoms with Gasteiger partial charge >= 0.3 is 0 Å². The molecule has 1 aliphatic carbocycles. The Morgan fingerprint density at radius 2 is 2.00 bits per heavy atom. The van der Waals surface area contributed by atoms with Crippen LogP contribution in [0.2, 0.25) is 0 Å². The molecule has 0 N–H and O–H groups in total.